The van der Waals surface area contributed by atoms with E-state index in [9.17, 15) is 4.79 Å². The number of amides is 1. The predicted molar refractivity (Wildman–Crippen MR) is 42.5 cm³/mol. The van der Waals surface area contributed by atoms with Crippen LogP contribution in [-0.2, 0) is 9.53 Å². The van der Waals surface area contributed by atoms with Gasteiger partial charge in [-0.05, 0) is 0 Å². The van der Waals surface area contributed by atoms with Crippen molar-refractivity contribution in [1.82, 2.24) is 10.2 Å². The van der Waals surface area contributed by atoms with Gasteiger partial charge in [-0.2, -0.15) is 0 Å². The minimum atomic E-state index is -0.157. The summed E-state index contributed by atoms with van der Waals surface area (Å²) in [5.74, 6) is 0.0207. The smallest absolute Gasteiger partial charge is 0.236 e. The number of ether oxygens (including phenoxy) is 1. The van der Waals surface area contributed by atoms with Crippen LogP contribution in [0.5, 0.6) is 0 Å². The largest absolute Gasteiger partial charge is 0.381 e. The van der Waals surface area contributed by atoms with Gasteiger partial charge >= 0.3 is 0 Å². The number of hydrogen-bond donors (Lipinski definition) is 2. The van der Waals surface area contributed by atoms with Crippen molar-refractivity contribution in [2.24, 2.45) is 0 Å². The number of rotatable bonds is 3. The molecule has 12 heavy (non-hydrogen) atoms. The maximum Gasteiger partial charge on any atom is 0.236 e. The molecule has 0 radical (unpaired) electrons. The molecule has 0 aromatic rings. The van der Waals surface area contributed by atoms with Crippen LogP contribution in [-0.4, -0.2) is 55.5 Å². The van der Waals surface area contributed by atoms with Gasteiger partial charge in [0.25, 0.3) is 0 Å². The molecule has 5 nitrogen and oxygen atoms in total. The van der Waals surface area contributed by atoms with Gasteiger partial charge in [-0.15, -0.1) is 0 Å². The summed E-state index contributed by atoms with van der Waals surface area (Å²) in [5.41, 5.74) is 0. The molecule has 1 heterocycles. The van der Waals surface area contributed by atoms with Crippen molar-refractivity contribution in [2.45, 2.75) is 0 Å². The van der Waals surface area contributed by atoms with Crippen LogP contribution in [0.25, 0.3) is 0 Å². The lowest BCUT2D eigenvalue weighted by atomic mass is 10.4. The third-order valence-electron chi connectivity index (χ3n) is 1.75. The number of carbonyl (C=O) groups is 1. The molecule has 0 atom stereocenters. The molecule has 1 rings (SSSR count). The van der Waals surface area contributed by atoms with Gasteiger partial charge in [0, 0.05) is 13.1 Å². The normalized spacial score (nSPS) is 17.9. The molecule has 70 valence electrons. The van der Waals surface area contributed by atoms with Crippen molar-refractivity contribution >= 4 is 5.91 Å². The van der Waals surface area contributed by atoms with E-state index >= 15 is 0 Å². The highest BCUT2D eigenvalue weighted by Gasteiger charge is 2.15. The fourth-order valence-corrected chi connectivity index (χ4v) is 1.09. The molecule has 5 heteroatoms. The summed E-state index contributed by atoms with van der Waals surface area (Å²) in [5, 5.41) is 11.0. The van der Waals surface area contributed by atoms with Crippen LogP contribution >= 0.6 is 0 Å². The Morgan fingerprint density at radius 2 is 2.17 bits per heavy atom. The van der Waals surface area contributed by atoms with Gasteiger partial charge in [0.15, 0.2) is 0 Å². The third-order valence-corrected chi connectivity index (χ3v) is 1.75. The first-order chi connectivity index (χ1) is 5.84. The van der Waals surface area contributed by atoms with Crippen LogP contribution < -0.4 is 5.32 Å². The van der Waals surface area contributed by atoms with E-state index in [1.165, 1.54) is 0 Å². The molecular weight excluding hydrogens is 160 g/mol. The predicted octanol–water partition coefficient (Wildman–Crippen LogP) is -1.62. The van der Waals surface area contributed by atoms with Crippen molar-refractivity contribution in [3.8, 4) is 0 Å². The third kappa shape index (κ3) is 2.77. The summed E-state index contributed by atoms with van der Waals surface area (Å²) < 4.78 is 5.09. The minimum Gasteiger partial charge on any atom is -0.381 e. The van der Waals surface area contributed by atoms with Crippen molar-refractivity contribution in [3.05, 3.63) is 0 Å². The number of carbonyl (C=O) groups excluding carboxylic acids is 1. The summed E-state index contributed by atoms with van der Waals surface area (Å²) in [4.78, 5) is 13.0. The minimum absolute atomic E-state index is 0.0207. The molecule has 0 aromatic heterocycles. The van der Waals surface area contributed by atoms with Crippen LogP contribution in [0.1, 0.15) is 0 Å². The number of morpholine rings is 1. The molecule has 0 bridgehead atoms. The lowest BCUT2D eigenvalue weighted by Crippen LogP contribution is -2.44. The van der Waals surface area contributed by atoms with Crippen LogP contribution in [0.2, 0.25) is 0 Å². The zero-order chi connectivity index (χ0) is 8.81. The highest BCUT2D eigenvalue weighted by molar-refractivity contribution is 5.78. The molecule has 1 amide bonds. The maximum atomic E-state index is 11.3. The second-order valence-corrected chi connectivity index (χ2v) is 2.58. The average molecular weight is 174 g/mol. The second-order valence-electron chi connectivity index (χ2n) is 2.58. The number of hydrogen-bond acceptors (Lipinski definition) is 4. The van der Waals surface area contributed by atoms with E-state index in [1.807, 2.05) is 0 Å². The molecule has 2 N–H and O–H groups in total. The Hall–Kier alpha value is -0.650. The number of aliphatic hydroxyl groups is 1. The summed E-state index contributed by atoms with van der Waals surface area (Å²) >= 11 is 0. The first kappa shape index (κ1) is 9.44. The quantitative estimate of drug-likeness (QED) is 0.505. The number of nitrogens with one attached hydrogen (secondary N) is 1. The van der Waals surface area contributed by atoms with Gasteiger partial charge in [0.2, 0.25) is 5.91 Å². The summed E-state index contributed by atoms with van der Waals surface area (Å²) in [6, 6.07) is 0. The number of nitrogens with zero attached hydrogens (tertiary/aromatic N) is 1. The lowest BCUT2D eigenvalue weighted by Gasteiger charge is -2.26. The highest BCUT2D eigenvalue weighted by atomic mass is 16.5. The molecule has 0 unspecified atom stereocenters. The van der Waals surface area contributed by atoms with E-state index in [1.54, 1.807) is 4.90 Å². The molecule has 0 aliphatic carbocycles. The molecule has 1 fully saturated rings. The van der Waals surface area contributed by atoms with Gasteiger partial charge < -0.3 is 14.7 Å². The molecule has 0 spiro atoms. The van der Waals surface area contributed by atoms with E-state index in [4.69, 9.17) is 9.84 Å². The molecule has 0 saturated carbocycles. The van der Waals surface area contributed by atoms with E-state index in [0.717, 1.165) is 0 Å². The molecule has 1 aliphatic rings. The van der Waals surface area contributed by atoms with E-state index in [-0.39, 0.29) is 19.2 Å². The van der Waals surface area contributed by atoms with Gasteiger partial charge in [-0.1, -0.05) is 0 Å². The van der Waals surface area contributed by atoms with E-state index < -0.39 is 0 Å². The van der Waals surface area contributed by atoms with Crippen molar-refractivity contribution in [1.29, 1.82) is 0 Å². The van der Waals surface area contributed by atoms with Crippen molar-refractivity contribution < 1.29 is 14.6 Å². The van der Waals surface area contributed by atoms with Crippen molar-refractivity contribution in [2.75, 3.05) is 39.6 Å². The fourth-order valence-electron chi connectivity index (χ4n) is 1.09. The monoisotopic (exact) mass is 174 g/mol. The zero-order valence-corrected chi connectivity index (χ0v) is 6.95. The molecular formula is C7H14N2O3. The first-order valence-electron chi connectivity index (χ1n) is 4.01. The summed E-state index contributed by atoms with van der Waals surface area (Å²) in [6.07, 6.45) is 0. The Morgan fingerprint density at radius 1 is 1.50 bits per heavy atom. The van der Waals surface area contributed by atoms with E-state index in [2.05, 4.69) is 5.32 Å². The molecule has 1 aliphatic heterocycles. The molecule has 1 saturated heterocycles. The highest BCUT2D eigenvalue weighted by Crippen LogP contribution is 1.96. The standard InChI is InChI=1S/C7H14N2O3/c10-6-8-5-7(11)9-1-3-12-4-2-9/h8,10H,1-6H2. The fraction of sp³-hybridized carbons (Fsp3) is 0.857. The molecule has 0 aromatic carbocycles. The van der Waals surface area contributed by atoms with Crippen LogP contribution in [0.4, 0.5) is 0 Å². The van der Waals surface area contributed by atoms with Crippen LogP contribution in [0.3, 0.4) is 0 Å². The summed E-state index contributed by atoms with van der Waals surface area (Å²) in [7, 11) is 0. The van der Waals surface area contributed by atoms with Gasteiger partial charge in [-0.25, -0.2) is 0 Å². The number of aliphatic hydroxyl groups excluding tert-OH is 1. The first-order valence-corrected chi connectivity index (χ1v) is 4.01. The van der Waals surface area contributed by atoms with Gasteiger partial charge in [0.1, 0.15) is 0 Å². The summed E-state index contributed by atoms with van der Waals surface area (Å²) in [6.45, 7) is 2.60. The average Bonchev–Trinajstić information content (AvgIpc) is 2.15. The van der Waals surface area contributed by atoms with Crippen molar-refractivity contribution in [3.63, 3.8) is 0 Å². The van der Waals surface area contributed by atoms with Crippen LogP contribution in [0, 0.1) is 0 Å². The Morgan fingerprint density at radius 3 is 2.75 bits per heavy atom. The Kier molecular flexibility index (Phi) is 3.99. The SMILES string of the molecule is O=C(CNCO)N1CCOCC1. The lowest BCUT2D eigenvalue weighted by molar-refractivity contribution is -0.134. The van der Waals surface area contributed by atoms with Gasteiger partial charge in [-0.3, -0.25) is 10.1 Å². The zero-order valence-electron chi connectivity index (χ0n) is 6.95. The van der Waals surface area contributed by atoms with Gasteiger partial charge in [0.05, 0.1) is 26.5 Å². The second kappa shape index (κ2) is 5.08. The maximum absolute atomic E-state index is 11.3. The van der Waals surface area contributed by atoms with Crippen LogP contribution in [0.15, 0.2) is 0 Å². The Bertz CT molecular complexity index is 146. The Labute approximate surface area is 71.3 Å². The van der Waals surface area contributed by atoms with E-state index in [0.29, 0.717) is 26.3 Å². The topological polar surface area (TPSA) is 61.8 Å². The Balaban J connectivity index is 2.20.